The average Bonchev–Trinajstić information content (AvgIpc) is 2.39. The average molecular weight is 289 g/mol. The van der Waals surface area contributed by atoms with E-state index in [1.807, 2.05) is 35.2 Å². The standard InChI is InChI=1S/C12H11N5S2/c13-7-4-8-17(9-5-2-1-3-6-9)10-14-11(18)16-12(19)15-10/h1-3,5-6H,4,8H2,(H2,14,15,16,18,19). The van der Waals surface area contributed by atoms with Crippen LogP contribution in [0.15, 0.2) is 30.3 Å². The molecule has 1 aromatic heterocycles. The monoisotopic (exact) mass is 289 g/mol. The van der Waals surface area contributed by atoms with Gasteiger partial charge in [-0.1, -0.05) is 18.2 Å². The van der Waals surface area contributed by atoms with Crippen molar-refractivity contribution >= 4 is 36.1 Å². The van der Waals surface area contributed by atoms with Gasteiger partial charge in [0.15, 0.2) is 4.77 Å². The van der Waals surface area contributed by atoms with Gasteiger partial charge in [0, 0.05) is 12.2 Å². The molecule has 5 nitrogen and oxygen atoms in total. The Morgan fingerprint density at radius 3 is 2.58 bits per heavy atom. The molecule has 2 N–H and O–H groups in total. The van der Waals surface area contributed by atoms with Crippen LogP contribution in [0.3, 0.4) is 0 Å². The van der Waals surface area contributed by atoms with Crippen LogP contribution in [0.4, 0.5) is 11.6 Å². The largest absolute Gasteiger partial charge is 0.311 e. The molecule has 0 aliphatic rings. The van der Waals surface area contributed by atoms with E-state index in [-0.39, 0.29) is 0 Å². The van der Waals surface area contributed by atoms with Crippen LogP contribution in [-0.2, 0) is 0 Å². The summed E-state index contributed by atoms with van der Waals surface area (Å²) in [6.45, 7) is 0.511. The summed E-state index contributed by atoms with van der Waals surface area (Å²) in [7, 11) is 0. The molecule has 1 aromatic carbocycles. The van der Waals surface area contributed by atoms with Gasteiger partial charge in [-0.15, -0.1) is 0 Å². The van der Waals surface area contributed by atoms with E-state index < -0.39 is 0 Å². The summed E-state index contributed by atoms with van der Waals surface area (Å²) in [6, 6.07) is 11.8. The van der Waals surface area contributed by atoms with E-state index in [9.17, 15) is 0 Å². The molecular weight excluding hydrogens is 278 g/mol. The maximum atomic E-state index is 8.76. The number of rotatable bonds is 4. The number of benzene rings is 1. The highest BCUT2D eigenvalue weighted by molar-refractivity contribution is 7.71. The van der Waals surface area contributed by atoms with Gasteiger partial charge < -0.3 is 14.9 Å². The SMILES string of the molecule is N#CCCN(c1ccccc1)c1nc(=S)[nH]c(=S)[nH]1. The number of nitrogens with one attached hydrogen (secondary N) is 2. The molecule has 0 unspecified atom stereocenters. The van der Waals surface area contributed by atoms with Gasteiger partial charge in [-0.2, -0.15) is 10.2 Å². The van der Waals surface area contributed by atoms with Crippen LogP contribution in [0.25, 0.3) is 0 Å². The third kappa shape index (κ3) is 3.47. The van der Waals surface area contributed by atoms with Gasteiger partial charge in [0.1, 0.15) is 0 Å². The van der Waals surface area contributed by atoms with Crippen molar-refractivity contribution in [3.8, 4) is 6.07 Å². The summed E-state index contributed by atoms with van der Waals surface area (Å²) in [5.74, 6) is 0.537. The molecule has 0 aliphatic carbocycles. The van der Waals surface area contributed by atoms with E-state index in [4.69, 9.17) is 29.7 Å². The highest BCUT2D eigenvalue weighted by Gasteiger charge is 2.10. The van der Waals surface area contributed by atoms with Crippen molar-refractivity contribution in [2.45, 2.75) is 6.42 Å². The fourth-order valence-electron chi connectivity index (χ4n) is 1.64. The van der Waals surface area contributed by atoms with Crippen molar-refractivity contribution in [3.63, 3.8) is 0 Å². The first-order chi connectivity index (χ1) is 9.20. The summed E-state index contributed by atoms with van der Waals surface area (Å²) in [4.78, 5) is 11.8. The Labute approximate surface area is 120 Å². The number of para-hydroxylation sites is 1. The molecule has 96 valence electrons. The molecule has 0 saturated heterocycles. The number of anilines is 2. The van der Waals surface area contributed by atoms with E-state index in [0.717, 1.165) is 5.69 Å². The van der Waals surface area contributed by atoms with Gasteiger partial charge >= 0.3 is 0 Å². The molecule has 2 aromatic rings. The Morgan fingerprint density at radius 2 is 1.95 bits per heavy atom. The van der Waals surface area contributed by atoms with Gasteiger partial charge in [-0.05, 0) is 36.6 Å². The minimum atomic E-state index is 0.316. The number of hydrogen-bond acceptors (Lipinski definition) is 5. The molecule has 19 heavy (non-hydrogen) atoms. The lowest BCUT2D eigenvalue weighted by Crippen LogP contribution is -2.21. The van der Waals surface area contributed by atoms with Crippen LogP contribution in [0.2, 0.25) is 0 Å². The fraction of sp³-hybridized carbons (Fsp3) is 0.167. The molecule has 0 atom stereocenters. The number of H-pyrrole nitrogens is 2. The lowest BCUT2D eigenvalue weighted by Gasteiger charge is -2.21. The Hall–Kier alpha value is -2.04. The topological polar surface area (TPSA) is 71.5 Å². The van der Waals surface area contributed by atoms with Gasteiger partial charge in [0.25, 0.3) is 0 Å². The van der Waals surface area contributed by atoms with Crippen LogP contribution in [0.5, 0.6) is 0 Å². The first-order valence-corrected chi connectivity index (χ1v) is 6.42. The van der Waals surface area contributed by atoms with Gasteiger partial charge in [-0.25, -0.2) is 0 Å². The van der Waals surface area contributed by atoms with E-state index in [2.05, 4.69) is 21.0 Å². The highest BCUT2D eigenvalue weighted by atomic mass is 32.1. The molecule has 0 spiro atoms. The van der Waals surface area contributed by atoms with Gasteiger partial charge in [0.05, 0.1) is 12.5 Å². The molecule has 0 aliphatic heterocycles. The van der Waals surface area contributed by atoms with E-state index >= 15 is 0 Å². The summed E-state index contributed by atoms with van der Waals surface area (Å²) in [5.41, 5.74) is 0.927. The summed E-state index contributed by atoms with van der Waals surface area (Å²) in [5, 5.41) is 8.76. The lowest BCUT2D eigenvalue weighted by molar-refractivity contribution is 0.871. The normalized spacial score (nSPS) is 9.84. The summed E-state index contributed by atoms with van der Waals surface area (Å²) < 4.78 is 0.726. The van der Waals surface area contributed by atoms with Crippen molar-refractivity contribution in [1.29, 1.82) is 5.26 Å². The minimum absolute atomic E-state index is 0.316. The second kappa shape index (κ2) is 6.22. The summed E-state index contributed by atoms with van der Waals surface area (Å²) >= 11 is 10.1. The van der Waals surface area contributed by atoms with Crippen LogP contribution < -0.4 is 4.90 Å². The lowest BCUT2D eigenvalue weighted by atomic mass is 10.3. The van der Waals surface area contributed by atoms with Crippen LogP contribution >= 0.6 is 24.4 Å². The molecule has 0 fully saturated rings. The molecule has 0 amide bonds. The predicted molar refractivity (Wildman–Crippen MR) is 78.3 cm³/mol. The van der Waals surface area contributed by atoms with Crippen LogP contribution in [-0.4, -0.2) is 21.5 Å². The smallest absolute Gasteiger partial charge is 0.212 e. The third-order valence-electron chi connectivity index (χ3n) is 2.42. The molecule has 0 radical (unpaired) electrons. The second-order valence-electron chi connectivity index (χ2n) is 3.71. The van der Waals surface area contributed by atoms with Crippen molar-refractivity contribution in [2.75, 3.05) is 11.4 Å². The Morgan fingerprint density at radius 1 is 1.21 bits per heavy atom. The van der Waals surface area contributed by atoms with Gasteiger partial charge in [-0.3, -0.25) is 0 Å². The maximum Gasteiger partial charge on any atom is 0.212 e. The minimum Gasteiger partial charge on any atom is -0.311 e. The zero-order valence-corrected chi connectivity index (χ0v) is 11.6. The zero-order chi connectivity index (χ0) is 13.7. The number of nitrogens with zero attached hydrogens (tertiary/aromatic N) is 3. The maximum absolute atomic E-state index is 8.76. The van der Waals surface area contributed by atoms with Crippen LogP contribution in [0.1, 0.15) is 6.42 Å². The molecule has 2 rings (SSSR count). The predicted octanol–water partition coefficient (Wildman–Crippen LogP) is 3.25. The van der Waals surface area contributed by atoms with E-state index in [1.54, 1.807) is 0 Å². The van der Waals surface area contributed by atoms with E-state index in [0.29, 0.717) is 28.5 Å². The van der Waals surface area contributed by atoms with Crippen molar-refractivity contribution < 1.29 is 0 Å². The van der Waals surface area contributed by atoms with Gasteiger partial charge in [0.2, 0.25) is 10.7 Å². The van der Waals surface area contributed by atoms with Crippen molar-refractivity contribution in [2.24, 2.45) is 0 Å². The Bertz CT molecular complexity index is 670. The fourth-order valence-corrected chi connectivity index (χ4v) is 2.08. The number of nitriles is 1. The molecular formula is C12H11N5S2. The van der Waals surface area contributed by atoms with Crippen molar-refractivity contribution in [3.05, 3.63) is 39.9 Å². The number of hydrogen-bond donors (Lipinski definition) is 2. The number of aromatic nitrogens is 3. The molecule has 0 saturated carbocycles. The van der Waals surface area contributed by atoms with Crippen molar-refractivity contribution in [1.82, 2.24) is 15.0 Å². The molecule has 7 heteroatoms. The quantitative estimate of drug-likeness (QED) is 0.845. The Balaban J connectivity index is 2.46. The van der Waals surface area contributed by atoms with Crippen LogP contribution in [0, 0.1) is 20.9 Å². The summed E-state index contributed by atoms with van der Waals surface area (Å²) in [6.07, 6.45) is 0.378. The second-order valence-corrected chi connectivity index (χ2v) is 4.51. The molecule has 1 heterocycles. The zero-order valence-electron chi connectivity index (χ0n) is 9.96. The number of aromatic amines is 2. The van der Waals surface area contributed by atoms with E-state index in [1.165, 1.54) is 0 Å². The highest BCUT2D eigenvalue weighted by Crippen LogP contribution is 2.21. The Kier molecular flexibility index (Phi) is 4.39. The molecule has 0 bridgehead atoms. The third-order valence-corrected chi connectivity index (χ3v) is 2.82. The first kappa shape index (κ1) is 13.4. The first-order valence-electron chi connectivity index (χ1n) is 5.61.